The average molecular weight is 284 g/mol. The number of aryl methyl sites for hydroxylation is 1. The van der Waals surface area contributed by atoms with Crippen molar-refractivity contribution < 1.29 is 0 Å². The summed E-state index contributed by atoms with van der Waals surface area (Å²) >= 11 is 5.10. The zero-order valence-electron chi connectivity index (χ0n) is 11.3. The first-order chi connectivity index (χ1) is 9.69. The summed E-state index contributed by atoms with van der Waals surface area (Å²) in [6, 6.07) is 8.10. The molecule has 0 aliphatic rings. The molecule has 4 nitrogen and oxygen atoms in total. The quantitative estimate of drug-likeness (QED) is 0.749. The van der Waals surface area contributed by atoms with Gasteiger partial charge in [-0.25, -0.2) is 0 Å². The molecule has 3 rings (SSSR count). The van der Waals surface area contributed by atoms with Crippen LogP contribution in [0.25, 0.3) is 10.9 Å². The second-order valence-corrected chi connectivity index (χ2v) is 5.19. The number of fused-ring (bicyclic) bond motifs is 1. The van der Waals surface area contributed by atoms with Crippen LogP contribution in [0.4, 0.5) is 0 Å². The number of thiocarbonyl (C=S) groups is 1. The fraction of sp³-hybridized carbons (Fsp3) is 0.200. The van der Waals surface area contributed by atoms with Crippen LogP contribution in [0, 0.1) is 0 Å². The molecule has 0 radical (unpaired) electrons. The molecule has 0 aliphatic heterocycles. The molecule has 0 atom stereocenters. The number of hydrogen-bond acceptors (Lipinski definition) is 2. The summed E-state index contributed by atoms with van der Waals surface area (Å²) in [4.78, 5) is 0.437. The van der Waals surface area contributed by atoms with E-state index in [0.29, 0.717) is 4.99 Å². The molecular formula is C15H16N4S. The minimum Gasteiger partial charge on any atom is -0.389 e. The van der Waals surface area contributed by atoms with Gasteiger partial charge in [-0.1, -0.05) is 24.4 Å². The van der Waals surface area contributed by atoms with Gasteiger partial charge >= 0.3 is 0 Å². The van der Waals surface area contributed by atoms with Crippen molar-refractivity contribution >= 4 is 28.1 Å². The molecule has 2 N–H and O–H groups in total. The summed E-state index contributed by atoms with van der Waals surface area (Å²) in [6.45, 7) is 3.76. The van der Waals surface area contributed by atoms with Gasteiger partial charge in [-0.15, -0.1) is 0 Å². The fourth-order valence-corrected chi connectivity index (χ4v) is 2.61. The van der Waals surface area contributed by atoms with Crippen LogP contribution in [-0.4, -0.2) is 19.3 Å². The lowest BCUT2D eigenvalue weighted by Gasteiger charge is -2.05. The lowest BCUT2D eigenvalue weighted by Crippen LogP contribution is -2.09. The van der Waals surface area contributed by atoms with Gasteiger partial charge in [0, 0.05) is 41.0 Å². The van der Waals surface area contributed by atoms with Crippen molar-refractivity contribution in [1.29, 1.82) is 0 Å². The minimum atomic E-state index is 0.437. The predicted octanol–water partition coefficient (Wildman–Crippen LogP) is 2.54. The summed E-state index contributed by atoms with van der Waals surface area (Å²) in [5, 5.41) is 5.40. The molecule has 0 saturated carbocycles. The van der Waals surface area contributed by atoms with Crippen molar-refractivity contribution in [3.8, 4) is 0 Å². The van der Waals surface area contributed by atoms with Crippen LogP contribution in [0.15, 0.2) is 42.9 Å². The predicted molar refractivity (Wildman–Crippen MR) is 84.8 cm³/mol. The number of nitrogens with zero attached hydrogens (tertiary/aromatic N) is 3. The van der Waals surface area contributed by atoms with Gasteiger partial charge in [0.05, 0.1) is 12.7 Å². The number of aromatic nitrogens is 3. The number of nitrogens with two attached hydrogens (primary N) is 1. The molecule has 0 spiro atoms. The smallest absolute Gasteiger partial charge is 0.104 e. The van der Waals surface area contributed by atoms with Crippen molar-refractivity contribution in [2.45, 2.75) is 20.0 Å². The molecule has 0 unspecified atom stereocenters. The first-order valence-electron chi connectivity index (χ1n) is 6.58. The Hall–Kier alpha value is -2.14. The van der Waals surface area contributed by atoms with Crippen LogP contribution in [0.1, 0.15) is 18.1 Å². The Balaban J connectivity index is 2.00. The molecule has 0 aliphatic carbocycles. The molecule has 0 amide bonds. The Labute approximate surface area is 122 Å². The van der Waals surface area contributed by atoms with Crippen molar-refractivity contribution in [3.05, 3.63) is 54.0 Å². The Morgan fingerprint density at radius 3 is 2.90 bits per heavy atom. The van der Waals surface area contributed by atoms with Gasteiger partial charge in [-0.2, -0.15) is 5.10 Å². The molecule has 2 aromatic heterocycles. The molecule has 2 heterocycles. The van der Waals surface area contributed by atoms with E-state index in [9.17, 15) is 0 Å². The highest BCUT2D eigenvalue weighted by Crippen LogP contribution is 2.21. The number of rotatable bonds is 4. The van der Waals surface area contributed by atoms with Crippen LogP contribution >= 0.6 is 12.2 Å². The number of hydrogen-bond donors (Lipinski definition) is 1. The van der Waals surface area contributed by atoms with E-state index in [1.807, 2.05) is 23.0 Å². The van der Waals surface area contributed by atoms with Gasteiger partial charge in [0.25, 0.3) is 0 Å². The van der Waals surface area contributed by atoms with E-state index < -0.39 is 0 Å². The molecule has 0 saturated heterocycles. The van der Waals surface area contributed by atoms with Crippen LogP contribution in [0.3, 0.4) is 0 Å². The molecule has 1 aromatic carbocycles. The van der Waals surface area contributed by atoms with Crippen molar-refractivity contribution in [1.82, 2.24) is 14.3 Å². The van der Waals surface area contributed by atoms with Gasteiger partial charge in [0.1, 0.15) is 4.99 Å². The van der Waals surface area contributed by atoms with Gasteiger partial charge in [0.15, 0.2) is 0 Å². The lowest BCUT2D eigenvalue weighted by atomic mass is 10.1. The van der Waals surface area contributed by atoms with E-state index in [0.717, 1.165) is 29.6 Å². The Bertz CT molecular complexity index is 769. The minimum absolute atomic E-state index is 0.437. The third-order valence-electron chi connectivity index (χ3n) is 3.44. The van der Waals surface area contributed by atoms with E-state index in [4.69, 9.17) is 18.0 Å². The highest BCUT2D eigenvalue weighted by atomic mass is 32.1. The molecule has 5 heteroatoms. The Morgan fingerprint density at radius 1 is 1.35 bits per heavy atom. The van der Waals surface area contributed by atoms with Crippen molar-refractivity contribution in [2.75, 3.05) is 0 Å². The second-order valence-electron chi connectivity index (χ2n) is 4.75. The van der Waals surface area contributed by atoms with Gasteiger partial charge in [-0.3, -0.25) is 4.68 Å². The van der Waals surface area contributed by atoms with E-state index in [-0.39, 0.29) is 0 Å². The molecule has 102 valence electrons. The normalized spacial score (nSPS) is 11.1. The topological polar surface area (TPSA) is 48.8 Å². The first kappa shape index (κ1) is 12.9. The molecular weight excluding hydrogens is 268 g/mol. The SMILES string of the molecule is CCn1cc(Cn2ccc3c(C(N)=S)cccc32)cn1. The standard InChI is InChI=1S/C15H16N4S/c1-2-19-10-11(8-17-19)9-18-7-6-12-13(15(16)20)4-3-5-14(12)18/h3-8,10H,2,9H2,1H3,(H2,16,20). The third-order valence-corrected chi connectivity index (χ3v) is 3.66. The molecule has 20 heavy (non-hydrogen) atoms. The van der Waals surface area contributed by atoms with Crippen LogP contribution in [-0.2, 0) is 13.1 Å². The third kappa shape index (κ3) is 2.20. The first-order valence-corrected chi connectivity index (χ1v) is 6.99. The maximum atomic E-state index is 5.77. The van der Waals surface area contributed by atoms with Gasteiger partial charge < -0.3 is 10.3 Å². The van der Waals surface area contributed by atoms with Gasteiger partial charge in [-0.05, 0) is 19.1 Å². The van der Waals surface area contributed by atoms with Gasteiger partial charge in [0.2, 0.25) is 0 Å². The molecule has 0 fully saturated rings. The number of benzene rings is 1. The van der Waals surface area contributed by atoms with E-state index in [2.05, 4.69) is 41.1 Å². The monoisotopic (exact) mass is 284 g/mol. The van der Waals surface area contributed by atoms with E-state index in [1.54, 1.807) is 0 Å². The largest absolute Gasteiger partial charge is 0.389 e. The Morgan fingerprint density at radius 2 is 2.20 bits per heavy atom. The zero-order valence-corrected chi connectivity index (χ0v) is 12.1. The summed E-state index contributed by atoms with van der Waals surface area (Å²) < 4.78 is 4.12. The van der Waals surface area contributed by atoms with E-state index >= 15 is 0 Å². The maximum Gasteiger partial charge on any atom is 0.104 e. The Kier molecular flexibility index (Phi) is 3.28. The second kappa shape index (κ2) is 5.09. The highest BCUT2D eigenvalue weighted by molar-refractivity contribution is 7.80. The van der Waals surface area contributed by atoms with Crippen molar-refractivity contribution in [2.24, 2.45) is 5.73 Å². The zero-order chi connectivity index (χ0) is 14.1. The fourth-order valence-electron chi connectivity index (χ4n) is 2.43. The van der Waals surface area contributed by atoms with Crippen molar-refractivity contribution in [3.63, 3.8) is 0 Å². The summed E-state index contributed by atoms with van der Waals surface area (Å²) in [6.07, 6.45) is 6.05. The molecule has 3 aromatic rings. The van der Waals surface area contributed by atoms with Crippen LogP contribution in [0.2, 0.25) is 0 Å². The van der Waals surface area contributed by atoms with Crippen LogP contribution in [0.5, 0.6) is 0 Å². The summed E-state index contributed by atoms with van der Waals surface area (Å²) in [5.74, 6) is 0. The summed E-state index contributed by atoms with van der Waals surface area (Å²) in [7, 11) is 0. The lowest BCUT2D eigenvalue weighted by molar-refractivity contribution is 0.658. The maximum absolute atomic E-state index is 5.77. The highest BCUT2D eigenvalue weighted by Gasteiger charge is 2.08. The molecule has 0 bridgehead atoms. The van der Waals surface area contributed by atoms with E-state index in [1.165, 1.54) is 5.56 Å². The van der Waals surface area contributed by atoms with Crippen LogP contribution < -0.4 is 5.73 Å². The summed E-state index contributed by atoms with van der Waals surface area (Å²) in [5.41, 5.74) is 9.03. The average Bonchev–Trinajstić information content (AvgIpc) is 3.06.